The fraction of sp³-hybridized carbons (Fsp3) is 0.190. The molecule has 0 aliphatic carbocycles. The van der Waals surface area contributed by atoms with Crippen LogP contribution in [0.4, 0.5) is 5.69 Å². The average Bonchev–Trinajstić information content (AvgIpc) is 2.79. The second kappa shape index (κ2) is 10.2. The van der Waals surface area contributed by atoms with Gasteiger partial charge in [0.25, 0.3) is 5.56 Å². The zero-order valence-corrected chi connectivity index (χ0v) is 18.6. The maximum atomic E-state index is 12.5. The predicted molar refractivity (Wildman–Crippen MR) is 120 cm³/mol. The zero-order valence-electron chi connectivity index (χ0n) is 17.0. The van der Waals surface area contributed by atoms with Crippen LogP contribution in [-0.4, -0.2) is 42.8 Å². The summed E-state index contributed by atoms with van der Waals surface area (Å²) in [6.45, 7) is 0. The number of thioether (sulfide) groups is 1. The summed E-state index contributed by atoms with van der Waals surface area (Å²) in [5, 5.41) is 7.87. The van der Waals surface area contributed by atoms with E-state index in [0.717, 1.165) is 0 Å². The van der Waals surface area contributed by atoms with Crippen LogP contribution >= 0.6 is 23.4 Å². The molecule has 162 valence electrons. The van der Waals surface area contributed by atoms with Gasteiger partial charge in [0.2, 0.25) is 5.91 Å². The van der Waals surface area contributed by atoms with E-state index in [0.29, 0.717) is 38.7 Å². The molecule has 0 aliphatic rings. The van der Waals surface area contributed by atoms with Gasteiger partial charge >= 0.3 is 0 Å². The highest BCUT2D eigenvalue weighted by Crippen LogP contribution is 2.37. The molecule has 8 nitrogen and oxygen atoms in total. The SMILES string of the molecule is COc1ccc(-n2nc(SCC(=O)Nc3c(Cl)cc(OC)cc3OC)ccc2=O)cc1. The van der Waals surface area contributed by atoms with Crippen LogP contribution in [0.1, 0.15) is 0 Å². The van der Waals surface area contributed by atoms with Gasteiger partial charge in [-0.2, -0.15) is 9.78 Å². The highest BCUT2D eigenvalue weighted by atomic mass is 35.5. The first kappa shape index (κ1) is 22.5. The van der Waals surface area contributed by atoms with Crippen LogP contribution in [-0.2, 0) is 4.79 Å². The van der Waals surface area contributed by atoms with E-state index in [9.17, 15) is 9.59 Å². The number of rotatable bonds is 8. The van der Waals surface area contributed by atoms with E-state index >= 15 is 0 Å². The summed E-state index contributed by atoms with van der Waals surface area (Å²) >= 11 is 7.42. The molecule has 0 spiro atoms. The van der Waals surface area contributed by atoms with E-state index in [-0.39, 0.29) is 17.2 Å². The Labute approximate surface area is 188 Å². The molecule has 0 fully saturated rings. The number of methoxy groups -OCH3 is 3. The van der Waals surface area contributed by atoms with Crippen molar-refractivity contribution in [2.75, 3.05) is 32.4 Å². The van der Waals surface area contributed by atoms with Crippen LogP contribution in [0.15, 0.2) is 58.4 Å². The van der Waals surface area contributed by atoms with Crippen molar-refractivity contribution in [2.24, 2.45) is 0 Å². The van der Waals surface area contributed by atoms with Crippen LogP contribution in [0.25, 0.3) is 5.69 Å². The minimum absolute atomic E-state index is 0.0549. The van der Waals surface area contributed by atoms with Gasteiger partial charge in [-0.05, 0) is 30.3 Å². The number of carbonyl (C=O) groups excluding carboxylic acids is 1. The van der Waals surface area contributed by atoms with Gasteiger partial charge in [0.1, 0.15) is 28.0 Å². The molecule has 10 heteroatoms. The van der Waals surface area contributed by atoms with Crippen LogP contribution in [0.2, 0.25) is 5.02 Å². The lowest BCUT2D eigenvalue weighted by Gasteiger charge is -2.13. The first-order valence-electron chi connectivity index (χ1n) is 9.04. The summed E-state index contributed by atoms with van der Waals surface area (Å²) in [6, 6.07) is 13.1. The molecule has 1 amide bonds. The molecule has 0 radical (unpaired) electrons. The summed E-state index contributed by atoms with van der Waals surface area (Å²) in [5.74, 6) is 1.32. The highest BCUT2D eigenvalue weighted by Gasteiger charge is 2.15. The van der Waals surface area contributed by atoms with Crippen LogP contribution < -0.4 is 25.1 Å². The highest BCUT2D eigenvalue weighted by molar-refractivity contribution is 7.99. The number of hydrogen-bond donors (Lipinski definition) is 1. The molecule has 0 unspecified atom stereocenters. The molecule has 0 bridgehead atoms. The lowest BCUT2D eigenvalue weighted by atomic mass is 10.2. The van der Waals surface area contributed by atoms with E-state index in [1.165, 1.54) is 36.7 Å². The van der Waals surface area contributed by atoms with Crippen molar-refractivity contribution in [2.45, 2.75) is 5.03 Å². The van der Waals surface area contributed by atoms with Gasteiger partial charge in [-0.15, -0.1) is 0 Å². The summed E-state index contributed by atoms with van der Waals surface area (Å²) in [6.07, 6.45) is 0. The molecule has 3 rings (SSSR count). The van der Waals surface area contributed by atoms with Gasteiger partial charge in [-0.3, -0.25) is 9.59 Å². The number of halogens is 1. The fourth-order valence-electron chi connectivity index (χ4n) is 2.65. The van der Waals surface area contributed by atoms with Crippen molar-refractivity contribution >= 4 is 35.0 Å². The summed E-state index contributed by atoms with van der Waals surface area (Å²) in [5.41, 5.74) is 0.660. The Hall–Kier alpha value is -3.17. The molecule has 1 aromatic heterocycles. The van der Waals surface area contributed by atoms with Crippen molar-refractivity contribution in [1.82, 2.24) is 9.78 Å². The third kappa shape index (κ3) is 5.50. The van der Waals surface area contributed by atoms with E-state index in [2.05, 4.69) is 10.4 Å². The van der Waals surface area contributed by atoms with Crippen LogP contribution in [0.5, 0.6) is 17.2 Å². The lowest BCUT2D eigenvalue weighted by Crippen LogP contribution is -2.21. The fourth-order valence-corrected chi connectivity index (χ4v) is 3.56. The van der Waals surface area contributed by atoms with Crippen LogP contribution in [0, 0.1) is 0 Å². The molecule has 1 heterocycles. The number of amides is 1. The molecular weight excluding hydrogens is 442 g/mol. The van der Waals surface area contributed by atoms with E-state index in [1.54, 1.807) is 49.6 Å². The van der Waals surface area contributed by atoms with E-state index in [4.69, 9.17) is 25.8 Å². The molecule has 0 aliphatic heterocycles. The lowest BCUT2D eigenvalue weighted by molar-refractivity contribution is -0.113. The summed E-state index contributed by atoms with van der Waals surface area (Å²) in [7, 11) is 4.55. The second-order valence-electron chi connectivity index (χ2n) is 6.14. The van der Waals surface area contributed by atoms with Gasteiger partial charge in [-0.25, -0.2) is 0 Å². The smallest absolute Gasteiger partial charge is 0.271 e. The second-order valence-corrected chi connectivity index (χ2v) is 7.55. The van der Waals surface area contributed by atoms with E-state index in [1.807, 2.05) is 0 Å². The Balaban J connectivity index is 1.72. The maximum Gasteiger partial charge on any atom is 0.271 e. The first-order chi connectivity index (χ1) is 14.9. The van der Waals surface area contributed by atoms with Crippen molar-refractivity contribution in [3.63, 3.8) is 0 Å². The van der Waals surface area contributed by atoms with Crippen molar-refractivity contribution in [3.05, 3.63) is 63.9 Å². The van der Waals surface area contributed by atoms with Gasteiger partial charge < -0.3 is 19.5 Å². The number of benzene rings is 2. The third-order valence-corrected chi connectivity index (χ3v) is 5.41. The van der Waals surface area contributed by atoms with Gasteiger partial charge in [0.05, 0.1) is 37.8 Å². The Bertz CT molecular complexity index is 1130. The number of nitrogens with zero attached hydrogens (tertiary/aromatic N) is 2. The summed E-state index contributed by atoms with van der Waals surface area (Å²) < 4.78 is 16.8. The van der Waals surface area contributed by atoms with Crippen molar-refractivity contribution < 1.29 is 19.0 Å². The molecule has 0 saturated heterocycles. The third-order valence-electron chi connectivity index (χ3n) is 4.19. The first-order valence-corrected chi connectivity index (χ1v) is 10.4. The van der Waals surface area contributed by atoms with Crippen molar-refractivity contribution in [1.29, 1.82) is 0 Å². The molecule has 0 saturated carbocycles. The Kier molecular flexibility index (Phi) is 7.43. The molecule has 1 N–H and O–H groups in total. The molecule has 3 aromatic rings. The monoisotopic (exact) mass is 461 g/mol. The normalized spacial score (nSPS) is 10.5. The van der Waals surface area contributed by atoms with Gasteiger partial charge in [-0.1, -0.05) is 23.4 Å². The minimum atomic E-state index is -0.306. The Morgan fingerprint density at radius 2 is 1.74 bits per heavy atom. The maximum absolute atomic E-state index is 12.5. The topological polar surface area (TPSA) is 91.7 Å². The Morgan fingerprint density at radius 1 is 1.03 bits per heavy atom. The summed E-state index contributed by atoms with van der Waals surface area (Å²) in [4.78, 5) is 24.7. The average molecular weight is 462 g/mol. The van der Waals surface area contributed by atoms with Gasteiger partial charge in [0.15, 0.2) is 0 Å². The van der Waals surface area contributed by atoms with Crippen LogP contribution in [0.3, 0.4) is 0 Å². The predicted octanol–water partition coefficient (Wildman–Crippen LogP) is 3.64. The number of aromatic nitrogens is 2. The standard InChI is InChI=1S/C21H20ClN3O5S/c1-28-14-6-4-13(5-7-14)25-20(27)9-8-19(24-25)31-12-18(26)23-21-16(22)10-15(29-2)11-17(21)30-3/h4-11H,12H2,1-3H3,(H,23,26). The number of hydrogen-bond acceptors (Lipinski definition) is 7. The largest absolute Gasteiger partial charge is 0.497 e. The molecular formula is C21H20ClN3O5S. The van der Waals surface area contributed by atoms with Gasteiger partial charge in [0, 0.05) is 18.2 Å². The number of carbonyl (C=O) groups is 1. The molecule has 2 aromatic carbocycles. The number of ether oxygens (including phenoxy) is 3. The quantitative estimate of drug-likeness (QED) is 0.512. The van der Waals surface area contributed by atoms with Crippen molar-refractivity contribution in [3.8, 4) is 22.9 Å². The molecule has 0 atom stereocenters. The minimum Gasteiger partial charge on any atom is -0.497 e. The zero-order chi connectivity index (χ0) is 22.4. The van der Waals surface area contributed by atoms with E-state index < -0.39 is 0 Å². The number of nitrogens with one attached hydrogen (secondary N) is 1. The molecule has 31 heavy (non-hydrogen) atoms. The Morgan fingerprint density at radius 3 is 2.39 bits per heavy atom. The number of anilines is 1.